The monoisotopic (exact) mass is 281 g/mol. The first kappa shape index (κ1) is 15.0. The standard InChI is InChI=1S/C11H15ClF3N3/c1-8(7-12)3-2-6-16-10-5-4-9(17-18-10)11(13,14)15/h4-5,8H,2-3,6-7H2,1H3,(H,16,18). The summed E-state index contributed by atoms with van der Waals surface area (Å²) in [5, 5.41) is 9.51. The smallest absolute Gasteiger partial charge is 0.369 e. The van der Waals surface area contributed by atoms with Gasteiger partial charge in [0.15, 0.2) is 5.69 Å². The summed E-state index contributed by atoms with van der Waals surface area (Å²) in [4.78, 5) is 0. The quantitative estimate of drug-likeness (QED) is 0.640. The molecule has 0 saturated heterocycles. The fourth-order valence-electron chi connectivity index (χ4n) is 1.32. The predicted molar refractivity (Wildman–Crippen MR) is 64.6 cm³/mol. The van der Waals surface area contributed by atoms with E-state index in [1.807, 2.05) is 6.92 Å². The van der Waals surface area contributed by atoms with Crippen LogP contribution >= 0.6 is 11.6 Å². The predicted octanol–water partition coefficient (Wildman–Crippen LogP) is 3.56. The Hall–Kier alpha value is -1.04. The van der Waals surface area contributed by atoms with Crippen molar-refractivity contribution in [3.63, 3.8) is 0 Å². The van der Waals surface area contributed by atoms with Gasteiger partial charge in [-0.3, -0.25) is 0 Å². The first-order valence-electron chi connectivity index (χ1n) is 5.64. The van der Waals surface area contributed by atoms with Crippen molar-refractivity contribution >= 4 is 17.4 Å². The number of aromatic nitrogens is 2. The van der Waals surface area contributed by atoms with Gasteiger partial charge in [0.05, 0.1) is 0 Å². The first-order chi connectivity index (χ1) is 8.43. The van der Waals surface area contributed by atoms with Crippen LogP contribution in [0.5, 0.6) is 0 Å². The number of rotatable bonds is 6. The maximum absolute atomic E-state index is 12.2. The van der Waals surface area contributed by atoms with Crippen molar-refractivity contribution in [1.82, 2.24) is 10.2 Å². The minimum Gasteiger partial charge on any atom is -0.369 e. The summed E-state index contributed by atoms with van der Waals surface area (Å²) in [5.74, 6) is 1.40. The molecule has 102 valence electrons. The van der Waals surface area contributed by atoms with E-state index in [1.165, 1.54) is 6.07 Å². The van der Waals surface area contributed by atoms with Crippen LogP contribution in [0.2, 0.25) is 0 Å². The summed E-state index contributed by atoms with van der Waals surface area (Å²) in [6.45, 7) is 2.69. The third-order valence-electron chi connectivity index (χ3n) is 2.40. The molecule has 1 N–H and O–H groups in total. The normalized spacial score (nSPS) is 13.4. The molecule has 0 aliphatic carbocycles. The number of nitrogens with zero attached hydrogens (tertiary/aromatic N) is 2. The lowest BCUT2D eigenvalue weighted by molar-refractivity contribution is -0.141. The van der Waals surface area contributed by atoms with Gasteiger partial charge >= 0.3 is 6.18 Å². The maximum atomic E-state index is 12.2. The lowest BCUT2D eigenvalue weighted by atomic mass is 10.1. The van der Waals surface area contributed by atoms with E-state index in [4.69, 9.17) is 11.6 Å². The molecule has 0 aliphatic heterocycles. The van der Waals surface area contributed by atoms with Crippen LogP contribution in [0.4, 0.5) is 19.0 Å². The van der Waals surface area contributed by atoms with Crippen molar-refractivity contribution in [2.75, 3.05) is 17.7 Å². The molecule has 18 heavy (non-hydrogen) atoms. The fraction of sp³-hybridized carbons (Fsp3) is 0.636. The van der Waals surface area contributed by atoms with Crippen LogP contribution in [0, 0.1) is 5.92 Å². The molecule has 1 aromatic rings. The van der Waals surface area contributed by atoms with Crippen molar-refractivity contribution in [3.05, 3.63) is 17.8 Å². The fourth-order valence-corrected chi connectivity index (χ4v) is 1.48. The molecule has 0 aliphatic rings. The van der Waals surface area contributed by atoms with Gasteiger partial charge in [0, 0.05) is 12.4 Å². The number of nitrogens with one attached hydrogen (secondary N) is 1. The molecule has 7 heteroatoms. The van der Waals surface area contributed by atoms with Gasteiger partial charge in [-0.05, 0) is 30.9 Å². The van der Waals surface area contributed by atoms with E-state index in [0.717, 1.165) is 18.9 Å². The Morgan fingerprint density at radius 3 is 2.56 bits per heavy atom. The molecule has 0 radical (unpaired) electrons. The van der Waals surface area contributed by atoms with Gasteiger partial charge in [-0.15, -0.1) is 21.8 Å². The molecule has 1 aromatic heterocycles. The highest BCUT2D eigenvalue weighted by Crippen LogP contribution is 2.27. The minimum absolute atomic E-state index is 0.349. The van der Waals surface area contributed by atoms with Crippen molar-refractivity contribution in [1.29, 1.82) is 0 Å². The van der Waals surface area contributed by atoms with Crippen molar-refractivity contribution < 1.29 is 13.2 Å². The third-order valence-corrected chi connectivity index (χ3v) is 2.93. The highest BCUT2D eigenvalue weighted by molar-refractivity contribution is 6.18. The number of anilines is 1. The molecular weight excluding hydrogens is 267 g/mol. The lowest BCUT2D eigenvalue weighted by Gasteiger charge is -2.09. The third kappa shape index (κ3) is 5.08. The number of halogens is 4. The van der Waals surface area contributed by atoms with Gasteiger partial charge in [0.2, 0.25) is 0 Å². The zero-order valence-electron chi connectivity index (χ0n) is 9.97. The lowest BCUT2D eigenvalue weighted by Crippen LogP contribution is -2.11. The van der Waals surface area contributed by atoms with Crippen LogP contribution in [0.3, 0.4) is 0 Å². The highest BCUT2D eigenvalue weighted by atomic mass is 35.5. The first-order valence-corrected chi connectivity index (χ1v) is 6.17. The summed E-state index contributed by atoms with van der Waals surface area (Å²) in [6.07, 6.45) is -2.59. The molecule has 1 rings (SSSR count). The average Bonchev–Trinajstić information content (AvgIpc) is 2.33. The molecule has 0 amide bonds. The van der Waals surface area contributed by atoms with Gasteiger partial charge < -0.3 is 5.32 Å². The van der Waals surface area contributed by atoms with E-state index >= 15 is 0 Å². The van der Waals surface area contributed by atoms with Gasteiger partial charge in [-0.2, -0.15) is 13.2 Å². The van der Waals surface area contributed by atoms with E-state index < -0.39 is 11.9 Å². The van der Waals surface area contributed by atoms with Gasteiger partial charge in [-0.1, -0.05) is 6.92 Å². The molecular formula is C11H15ClF3N3. The van der Waals surface area contributed by atoms with Crippen LogP contribution < -0.4 is 5.32 Å². The van der Waals surface area contributed by atoms with Crippen molar-refractivity contribution in [3.8, 4) is 0 Å². The highest BCUT2D eigenvalue weighted by Gasteiger charge is 2.32. The maximum Gasteiger partial charge on any atom is 0.435 e. The number of alkyl halides is 4. The second-order valence-electron chi connectivity index (χ2n) is 4.13. The molecule has 0 fully saturated rings. The minimum atomic E-state index is -4.44. The number of hydrogen-bond acceptors (Lipinski definition) is 3. The molecule has 3 nitrogen and oxygen atoms in total. The second-order valence-corrected chi connectivity index (χ2v) is 4.44. The molecule has 1 heterocycles. The Balaban J connectivity index is 2.36. The molecule has 0 bridgehead atoms. The summed E-state index contributed by atoms with van der Waals surface area (Å²) in [6, 6.07) is 2.19. The van der Waals surface area contributed by atoms with Gasteiger partial charge in [0.25, 0.3) is 0 Å². The largest absolute Gasteiger partial charge is 0.435 e. The molecule has 1 unspecified atom stereocenters. The van der Waals surface area contributed by atoms with Crippen molar-refractivity contribution in [2.24, 2.45) is 5.92 Å². The van der Waals surface area contributed by atoms with Crippen LogP contribution in [-0.4, -0.2) is 22.6 Å². The van der Waals surface area contributed by atoms with E-state index in [2.05, 4.69) is 15.5 Å². The average molecular weight is 282 g/mol. The van der Waals surface area contributed by atoms with Crippen LogP contribution in [0.1, 0.15) is 25.5 Å². The zero-order chi connectivity index (χ0) is 13.6. The Kier molecular flexibility index (Phi) is 5.65. The van der Waals surface area contributed by atoms with E-state index in [-0.39, 0.29) is 0 Å². The summed E-state index contributed by atoms with van der Waals surface area (Å²) in [5.41, 5.74) is -0.983. The van der Waals surface area contributed by atoms with Crippen LogP contribution in [-0.2, 0) is 6.18 Å². The SMILES string of the molecule is CC(CCl)CCCNc1ccc(C(F)(F)F)nn1. The van der Waals surface area contributed by atoms with E-state index in [1.54, 1.807) is 0 Å². The molecule has 0 saturated carbocycles. The number of hydrogen-bond donors (Lipinski definition) is 1. The van der Waals surface area contributed by atoms with Gasteiger partial charge in [-0.25, -0.2) is 0 Å². The Morgan fingerprint density at radius 2 is 2.06 bits per heavy atom. The second kappa shape index (κ2) is 6.78. The Bertz CT molecular complexity index is 354. The van der Waals surface area contributed by atoms with Crippen molar-refractivity contribution in [2.45, 2.75) is 25.9 Å². The zero-order valence-corrected chi connectivity index (χ0v) is 10.7. The summed E-state index contributed by atoms with van der Waals surface area (Å²) >= 11 is 5.66. The van der Waals surface area contributed by atoms with Crippen LogP contribution in [0.25, 0.3) is 0 Å². The topological polar surface area (TPSA) is 37.8 Å². The van der Waals surface area contributed by atoms with Gasteiger partial charge in [0.1, 0.15) is 5.82 Å². The molecule has 0 aromatic carbocycles. The molecule has 0 spiro atoms. The van der Waals surface area contributed by atoms with E-state index in [9.17, 15) is 13.2 Å². The van der Waals surface area contributed by atoms with Crippen LogP contribution in [0.15, 0.2) is 12.1 Å². The Labute approximate surface area is 109 Å². The summed E-state index contributed by atoms with van der Waals surface area (Å²) < 4.78 is 36.7. The Morgan fingerprint density at radius 1 is 1.33 bits per heavy atom. The van der Waals surface area contributed by atoms with E-state index in [0.29, 0.717) is 24.2 Å². The summed E-state index contributed by atoms with van der Waals surface area (Å²) in [7, 11) is 0. The molecule has 1 atom stereocenters.